The molecule has 0 aromatic heterocycles. The largest absolute Gasteiger partial charge is 0.344 e. The smallest absolute Gasteiger partial charge is 0.316 e. The van der Waals surface area contributed by atoms with E-state index in [1.54, 1.807) is 0 Å². The first-order chi connectivity index (χ1) is 7.72. The Hall–Kier alpha value is -1.03. The van der Waals surface area contributed by atoms with Gasteiger partial charge >= 0.3 is 6.03 Å². The summed E-state index contributed by atoms with van der Waals surface area (Å²) in [7, 11) is 0. The van der Waals surface area contributed by atoms with Crippen LogP contribution in [0.4, 0.5) is 4.79 Å². The Bertz CT molecular complexity index is 276. The summed E-state index contributed by atoms with van der Waals surface area (Å²) in [5, 5.41) is 1.51. The Kier molecular flexibility index (Phi) is 4.80. The number of rotatable bonds is 3. The fourth-order valence-electron chi connectivity index (χ4n) is 1.93. The van der Waals surface area contributed by atoms with Gasteiger partial charge in [-0.05, 0) is 13.3 Å². The number of urea groups is 1. The maximum Gasteiger partial charge on any atom is 0.344 e. The molecule has 2 amide bonds. The normalized spacial score (nSPS) is 22.9. The van der Waals surface area contributed by atoms with Crippen molar-refractivity contribution in [3.8, 4) is 0 Å². The van der Waals surface area contributed by atoms with E-state index in [1.807, 2.05) is 25.7 Å². The van der Waals surface area contributed by atoms with Crippen LogP contribution < -0.4 is 0 Å². The van der Waals surface area contributed by atoms with Gasteiger partial charge in [-0.1, -0.05) is 32.4 Å². The van der Waals surface area contributed by atoms with Gasteiger partial charge in [0.25, 0.3) is 0 Å². The van der Waals surface area contributed by atoms with Crippen LogP contribution in [0.5, 0.6) is 0 Å². The molecule has 2 rings (SSSR count). The molecule has 0 saturated carbocycles. The van der Waals surface area contributed by atoms with Crippen molar-refractivity contribution < 1.29 is 9.63 Å². The van der Waals surface area contributed by atoms with Crippen molar-refractivity contribution in [2.75, 3.05) is 19.7 Å². The predicted octanol–water partition coefficient (Wildman–Crippen LogP) is 2.42. The maximum absolute atomic E-state index is 11.7. The van der Waals surface area contributed by atoms with E-state index in [1.165, 1.54) is 10.6 Å². The monoisotopic (exact) mass is 226 g/mol. The molecule has 0 N–H and O–H groups in total. The number of hydrogen-bond acceptors (Lipinski definition) is 2. The van der Waals surface area contributed by atoms with Gasteiger partial charge in [-0.15, -0.1) is 0 Å². The molecular formula is C12H22N2O2. The number of amides is 2. The molecule has 1 saturated heterocycles. The van der Waals surface area contributed by atoms with E-state index in [-0.39, 0.29) is 12.1 Å². The van der Waals surface area contributed by atoms with Gasteiger partial charge in [0.1, 0.15) is 0 Å². The zero-order valence-corrected chi connectivity index (χ0v) is 10.7. The van der Waals surface area contributed by atoms with E-state index in [2.05, 4.69) is 13.0 Å². The number of hydrogen-bond donors (Lipinski definition) is 0. The number of hydroxylamine groups is 2. The lowest BCUT2D eigenvalue weighted by Gasteiger charge is -2.19. The molecule has 4 nitrogen and oxygen atoms in total. The van der Waals surface area contributed by atoms with Crippen molar-refractivity contribution in [2.24, 2.45) is 0 Å². The highest BCUT2D eigenvalue weighted by Crippen LogP contribution is 2.24. The summed E-state index contributed by atoms with van der Waals surface area (Å²) in [5.74, 6) is 0. The van der Waals surface area contributed by atoms with Crippen molar-refractivity contribution in [2.45, 2.75) is 40.2 Å². The Labute approximate surface area is 97.8 Å². The minimum Gasteiger partial charge on any atom is -0.316 e. The van der Waals surface area contributed by atoms with Crippen molar-refractivity contribution in [3.05, 3.63) is 11.6 Å². The lowest BCUT2D eigenvalue weighted by Crippen LogP contribution is -2.33. The van der Waals surface area contributed by atoms with Gasteiger partial charge in [0, 0.05) is 13.1 Å². The minimum absolute atomic E-state index is 0.0107. The maximum atomic E-state index is 11.7. The minimum atomic E-state index is 0.0107. The van der Waals surface area contributed by atoms with Crippen molar-refractivity contribution in [1.29, 1.82) is 0 Å². The second kappa shape index (κ2) is 5.89. The van der Waals surface area contributed by atoms with Crippen LogP contribution >= 0.6 is 0 Å². The molecule has 1 fully saturated rings. The molecule has 0 aliphatic carbocycles. The van der Waals surface area contributed by atoms with Crippen molar-refractivity contribution in [1.82, 2.24) is 9.96 Å². The Balaban J connectivity index is 0.000000606. The van der Waals surface area contributed by atoms with Gasteiger partial charge < -0.3 is 4.90 Å². The SMILES string of the molecule is CC.CCCON1C(=O)N2CC(C)=CC1C2. The highest BCUT2D eigenvalue weighted by Gasteiger charge is 2.39. The van der Waals surface area contributed by atoms with E-state index in [4.69, 9.17) is 4.84 Å². The van der Waals surface area contributed by atoms with Gasteiger partial charge in [-0.2, -0.15) is 5.06 Å². The highest BCUT2D eigenvalue weighted by molar-refractivity contribution is 5.77. The molecule has 0 aromatic rings. The summed E-state index contributed by atoms with van der Waals surface area (Å²) in [6.45, 7) is 10.2. The van der Waals surface area contributed by atoms with Crippen LogP contribution in [0, 0.1) is 0 Å². The quantitative estimate of drug-likeness (QED) is 0.692. The number of carbonyl (C=O) groups excluding carboxylic acids is 1. The van der Waals surface area contributed by atoms with E-state index in [9.17, 15) is 4.79 Å². The molecule has 16 heavy (non-hydrogen) atoms. The lowest BCUT2D eigenvalue weighted by atomic mass is 10.1. The Morgan fingerprint density at radius 2 is 2.19 bits per heavy atom. The molecular weight excluding hydrogens is 204 g/mol. The van der Waals surface area contributed by atoms with E-state index in [0.717, 1.165) is 19.5 Å². The molecule has 0 aromatic carbocycles. The van der Waals surface area contributed by atoms with E-state index >= 15 is 0 Å². The number of carbonyl (C=O) groups is 1. The summed E-state index contributed by atoms with van der Waals surface area (Å²) < 4.78 is 0. The summed E-state index contributed by atoms with van der Waals surface area (Å²) in [5.41, 5.74) is 1.25. The first kappa shape index (κ1) is 13.0. The second-order valence-electron chi connectivity index (χ2n) is 3.90. The number of nitrogens with zero attached hydrogens (tertiary/aromatic N) is 2. The third-order valence-electron chi connectivity index (χ3n) is 2.52. The third kappa shape index (κ3) is 2.55. The molecule has 0 spiro atoms. The van der Waals surface area contributed by atoms with Crippen molar-refractivity contribution in [3.63, 3.8) is 0 Å². The topological polar surface area (TPSA) is 32.8 Å². The van der Waals surface area contributed by atoms with Crippen molar-refractivity contribution >= 4 is 6.03 Å². The predicted molar refractivity (Wildman–Crippen MR) is 63.9 cm³/mol. The lowest BCUT2D eigenvalue weighted by molar-refractivity contribution is -0.119. The molecule has 2 aliphatic rings. The van der Waals surface area contributed by atoms with Crippen LogP contribution in [-0.4, -0.2) is 41.7 Å². The zero-order chi connectivity index (χ0) is 12.1. The Morgan fingerprint density at radius 1 is 1.50 bits per heavy atom. The second-order valence-corrected chi connectivity index (χ2v) is 3.90. The first-order valence-electron chi connectivity index (χ1n) is 6.10. The molecule has 92 valence electrons. The van der Waals surface area contributed by atoms with E-state index in [0.29, 0.717) is 6.61 Å². The van der Waals surface area contributed by atoms with Gasteiger partial charge in [-0.3, -0.25) is 4.84 Å². The highest BCUT2D eigenvalue weighted by atomic mass is 16.7. The van der Waals surface area contributed by atoms with Crippen LogP contribution in [0.3, 0.4) is 0 Å². The molecule has 1 atom stereocenters. The fraction of sp³-hybridized carbons (Fsp3) is 0.750. The standard InChI is InChI=1S/C10H16N2O2.C2H6/c1-3-4-14-12-9-5-8(2)6-11(7-9)10(12)13;1-2/h5,9H,3-4,6-7H2,1-2H3;1-2H3. The number of fused-ring (bicyclic) bond motifs is 2. The van der Waals surface area contributed by atoms with Crippen LogP contribution in [0.15, 0.2) is 11.6 Å². The first-order valence-corrected chi connectivity index (χ1v) is 6.10. The fourth-order valence-corrected chi connectivity index (χ4v) is 1.93. The van der Waals surface area contributed by atoms with Gasteiger partial charge in [0.2, 0.25) is 0 Å². The molecule has 2 aliphatic heterocycles. The van der Waals surface area contributed by atoms with E-state index < -0.39 is 0 Å². The molecule has 2 heterocycles. The summed E-state index contributed by atoms with van der Waals surface area (Å²) in [4.78, 5) is 19.0. The molecule has 1 unspecified atom stereocenters. The van der Waals surface area contributed by atoms with Gasteiger partial charge in [0.05, 0.1) is 12.6 Å². The van der Waals surface area contributed by atoms with Crippen LogP contribution in [0.25, 0.3) is 0 Å². The Morgan fingerprint density at radius 3 is 2.81 bits per heavy atom. The zero-order valence-electron chi connectivity index (χ0n) is 10.7. The molecule has 2 bridgehead atoms. The van der Waals surface area contributed by atoms with Gasteiger partial charge in [0.15, 0.2) is 0 Å². The average Bonchev–Trinajstić information content (AvgIpc) is 2.51. The van der Waals surface area contributed by atoms with Gasteiger partial charge in [-0.25, -0.2) is 4.79 Å². The summed E-state index contributed by atoms with van der Waals surface area (Å²) >= 11 is 0. The summed E-state index contributed by atoms with van der Waals surface area (Å²) in [6.07, 6.45) is 3.05. The molecule has 4 heteroatoms. The van der Waals surface area contributed by atoms with Crippen LogP contribution in [0.1, 0.15) is 34.1 Å². The summed E-state index contributed by atoms with van der Waals surface area (Å²) in [6, 6.07) is 0.138. The third-order valence-corrected chi connectivity index (χ3v) is 2.52. The van der Waals surface area contributed by atoms with Crippen LogP contribution in [0.2, 0.25) is 0 Å². The molecule has 0 radical (unpaired) electrons. The average molecular weight is 226 g/mol. The van der Waals surface area contributed by atoms with Crippen LogP contribution in [-0.2, 0) is 4.84 Å².